The number of aliphatic hydroxyl groups is 1. The monoisotopic (exact) mass is 243 g/mol. The summed E-state index contributed by atoms with van der Waals surface area (Å²) >= 11 is 0. The van der Waals surface area contributed by atoms with Gasteiger partial charge in [-0.2, -0.15) is 0 Å². The number of aromatic nitrogens is 3. The highest BCUT2D eigenvalue weighted by molar-refractivity contribution is 5.53. The van der Waals surface area contributed by atoms with Gasteiger partial charge in [0, 0.05) is 18.3 Å². The zero-order valence-electron chi connectivity index (χ0n) is 10.2. The van der Waals surface area contributed by atoms with Crippen molar-refractivity contribution >= 4 is 0 Å². The van der Waals surface area contributed by atoms with Crippen molar-refractivity contribution in [2.45, 2.75) is 37.7 Å². The summed E-state index contributed by atoms with van der Waals surface area (Å²) in [5, 5.41) is 9.53. The topological polar surface area (TPSA) is 61.8 Å². The van der Waals surface area contributed by atoms with E-state index in [1.54, 1.807) is 0 Å². The van der Waals surface area contributed by atoms with Crippen LogP contribution in [0.3, 0.4) is 0 Å². The summed E-state index contributed by atoms with van der Waals surface area (Å²) in [5.41, 5.74) is 1.96. The summed E-state index contributed by atoms with van der Waals surface area (Å²) in [6.45, 7) is 0. The smallest absolute Gasteiger partial charge is 0.132 e. The number of nitrogens with one attached hydrogen (secondary N) is 1. The average Bonchev–Trinajstić information content (AvgIpc) is 2.94. The first-order valence-corrected chi connectivity index (χ1v) is 6.47. The van der Waals surface area contributed by atoms with Gasteiger partial charge in [-0.05, 0) is 43.9 Å². The second-order valence-corrected chi connectivity index (χ2v) is 4.89. The lowest BCUT2D eigenvalue weighted by Crippen LogP contribution is -2.18. The Morgan fingerprint density at radius 2 is 2.00 bits per heavy atom. The lowest BCUT2D eigenvalue weighted by Gasteiger charge is -2.24. The lowest BCUT2D eigenvalue weighted by molar-refractivity contribution is 0.121. The Balaban J connectivity index is 1.83. The fourth-order valence-electron chi connectivity index (χ4n) is 2.54. The Morgan fingerprint density at radius 1 is 1.17 bits per heavy atom. The third-order valence-electron chi connectivity index (χ3n) is 3.61. The molecule has 4 heteroatoms. The molecule has 1 aliphatic rings. The molecule has 1 aliphatic carbocycles. The maximum Gasteiger partial charge on any atom is 0.132 e. The minimum absolute atomic E-state index is 0.132. The molecule has 1 fully saturated rings. The normalized spacial score (nSPS) is 24.1. The SMILES string of the molecule is OC1CCC(c2nccc(-c3ccc[nH]3)n2)CC1. The first-order chi connectivity index (χ1) is 8.83. The quantitative estimate of drug-likeness (QED) is 0.851. The van der Waals surface area contributed by atoms with E-state index in [-0.39, 0.29) is 6.10 Å². The van der Waals surface area contributed by atoms with Crippen molar-refractivity contribution in [1.82, 2.24) is 15.0 Å². The van der Waals surface area contributed by atoms with Gasteiger partial charge in [-0.3, -0.25) is 0 Å². The van der Waals surface area contributed by atoms with Gasteiger partial charge in [-0.1, -0.05) is 0 Å². The van der Waals surface area contributed by atoms with Crippen LogP contribution in [0.25, 0.3) is 11.4 Å². The number of nitrogens with zero attached hydrogens (tertiary/aromatic N) is 2. The molecule has 2 aromatic rings. The first-order valence-electron chi connectivity index (χ1n) is 6.47. The maximum absolute atomic E-state index is 9.53. The summed E-state index contributed by atoms with van der Waals surface area (Å²) in [6.07, 6.45) is 7.27. The molecular formula is C14H17N3O. The molecule has 0 amide bonds. The Hall–Kier alpha value is -1.68. The summed E-state index contributed by atoms with van der Waals surface area (Å²) in [4.78, 5) is 12.2. The van der Waals surface area contributed by atoms with Crippen LogP contribution in [0.2, 0.25) is 0 Å². The second kappa shape index (κ2) is 4.90. The van der Waals surface area contributed by atoms with Gasteiger partial charge in [0.15, 0.2) is 0 Å². The Kier molecular flexibility index (Phi) is 3.11. The molecule has 1 saturated carbocycles. The second-order valence-electron chi connectivity index (χ2n) is 4.89. The molecule has 0 unspecified atom stereocenters. The molecule has 0 aliphatic heterocycles. The Labute approximate surface area is 106 Å². The van der Waals surface area contributed by atoms with E-state index >= 15 is 0 Å². The molecule has 0 saturated heterocycles. The van der Waals surface area contributed by atoms with Crippen LogP contribution in [-0.4, -0.2) is 26.2 Å². The third kappa shape index (κ3) is 2.29. The van der Waals surface area contributed by atoms with E-state index in [9.17, 15) is 5.11 Å². The van der Waals surface area contributed by atoms with E-state index in [2.05, 4.69) is 15.0 Å². The molecule has 0 atom stereocenters. The Bertz CT molecular complexity index is 502. The van der Waals surface area contributed by atoms with Gasteiger partial charge in [0.2, 0.25) is 0 Å². The van der Waals surface area contributed by atoms with Crippen LogP contribution >= 0.6 is 0 Å². The molecule has 0 aromatic carbocycles. The molecule has 4 nitrogen and oxygen atoms in total. The summed E-state index contributed by atoms with van der Waals surface area (Å²) < 4.78 is 0. The van der Waals surface area contributed by atoms with Crippen molar-refractivity contribution in [1.29, 1.82) is 0 Å². The number of hydrogen-bond donors (Lipinski definition) is 2. The highest BCUT2D eigenvalue weighted by Gasteiger charge is 2.23. The first kappa shape index (κ1) is 11.4. The molecule has 0 radical (unpaired) electrons. The summed E-state index contributed by atoms with van der Waals surface area (Å²) in [7, 11) is 0. The molecule has 0 spiro atoms. The molecule has 2 aromatic heterocycles. The van der Waals surface area contributed by atoms with E-state index in [1.165, 1.54) is 0 Å². The standard InChI is InChI=1S/C14H17N3O/c18-11-5-3-10(4-6-11)14-16-9-7-13(17-14)12-2-1-8-15-12/h1-2,7-11,15,18H,3-6H2. The largest absolute Gasteiger partial charge is 0.393 e. The van der Waals surface area contributed by atoms with Crippen molar-refractivity contribution in [2.75, 3.05) is 0 Å². The number of aromatic amines is 1. The van der Waals surface area contributed by atoms with E-state index < -0.39 is 0 Å². The lowest BCUT2D eigenvalue weighted by atomic mass is 9.87. The number of aliphatic hydroxyl groups excluding tert-OH is 1. The van der Waals surface area contributed by atoms with Gasteiger partial charge < -0.3 is 10.1 Å². The highest BCUT2D eigenvalue weighted by Crippen LogP contribution is 2.31. The molecular weight excluding hydrogens is 226 g/mol. The van der Waals surface area contributed by atoms with Crippen molar-refractivity contribution in [3.05, 3.63) is 36.4 Å². The average molecular weight is 243 g/mol. The minimum atomic E-state index is -0.132. The van der Waals surface area contributed by atoms with Gasteiger partial charge in [0.1, 0.15) is 5.82 Å². The van der Waals surface area contributed by atoms with Crippen LogP contribution in [-0.2, 0) is 0 Å². The summed E-state index contributed by atoms with van der Waals surface area (Å²) in [6, 6.07) is 5.90. The summed E-state index contributed by atoms with van der Waals surface area (Å²) in [5.74, 6) is 1.30. The van der Waals surface area contributed by atoms with Gasteiger partial charge in [0.05, 0.1) is 17.5 Å². The van der Waals surface area contributed by atoms with Crippen molar-refractivity contribution in [2.24, 2.45) is 0 Å². The third-order valence-corrected chi connectivity index (χ3v) is 3.61. The fourth-order valence-corrected chi connectivity index (χ4v) is 2.54. The van der Waals surface area contributed by atoms with Gasteiger partial charge >= 0.3 is 0 Å². The number of hydrogen-bond acceptors (Lipinski definition) is 3. The van der Waals surface area contributed by atoms with Crippen molar-refractivity contribution < 1.29 is 5.11 Å². The minimum Gasteiger partial charge on any atom is -0.393 e. The van der Waals surface area contributed by atoms with Crippen molar-refractivity contribution in [3.8, 4) is 11.4 Å². The molecule has 3 rings (SSSR count). The predicted molar refractivity (Wildman–Crippen MR) is 69.0 cm³/mol. The van der Waals surface area contributed by atoms with Crippen LogP contribution in [0, 0.1) is 0 Å². The van der Waals surface area contributed by atoms with Crippen molar-refractivity contribution in [3.63, 3.8) is 0 Å². The Morgan fingerprint density at radius 3 is 2.72 bits per heavy atom. The molecule has 18 heavy (non-hydrogen) atoms. The molecule has 2 N–H and O–H groups in total. The number of rotatable bonds is 2. The highest BCUT2D eigenvalue weighted by atomic mass is 16.3. The van der Waals surface area contributed by atoms with Crippen LogP contribution in [0.4, 0.5) is 0 Å². The van der Waals surface area contributed by atoms with E-state index in [1.807, 2.05) is 30.6 Å². The van der Waals surface area contributed by atoms with Gasteiger partial charge in [-0.15, -0.1) is 0 Å². The van der Waals surface area contributed by atoms with E-state index in [0.29, 0.717) is 5.92 Å². The molecule has 94 valence electrons. The van der Waals surface area contributed by atoms with Crippen LogP contribution < -0.4 is 0 Å². The van der Waals surface area contributed by atoms with Crippen LogP contribution in [0.5, 0.6) is 0 Å². The zero-order valence-corrected chi connectivity index (χ0v) is 10.2. The van der Waals surface area contributed by atoms with Gasteiger partial charge in [-0.25, -0.2) is 9.97 Å². The molecule has 0 bridgehead atoms. The molecule has 2 heterocycles. The van der Waals surface area contributed by atoms with E-state index in [4.69, 9.17) is 0 Å². The number of H-pyrrole nitrogens is 1. The van der Waals surface area contributed by atoms with Crippen LogP contribution in [0.15, 0.2) is 30.6 Å². The zero-order chi connectivity index (χ0) is 12.4. The van der Waals surface area contributed by atoms with Crippen LogP contribution in [0.1, 0.15) is 37.4 Å². The predicted octanol–water partition coefficient (Wildman–Crippen LogP) is 2.49. The van der Waals surface area contributed by atoms with Gasteiger partial charge in [0.25, 0.3) is 0 Å². The maximum atomic E-state index is 9.53. The van der Waals surface area contributed by atoms with E-state index in [0.717, 1.165) is 42.9 Å². The fraction of sp³-hybridized carbons (Fsp3) is 0.429.